The number of fused-ring (bicyclic) bond motifs is 1. The van der Waals surface area contributed by atoms with E-state index in [9.17, 15) is 9.18 Å². The van der Waals surface area contributed by atoms with Gasteiger partial charge in [0.05, 0.1) is 0 Å². The SMILES string of the molecule is Cc1ccc(CNC(=O)Nc2cccc(-c3cc4cc(F)ccc4[nH]3)c2)cc1. The van der Waals surface area contributed by atoms with Crippen LogP contribution < -0.4 is 10.6 Å². The van der Waals surface area contributed by atoms with E-state index in [2.05, 4.69) is 15.6 Å². The maximum atomic E-state index is 13.4. The predicted molar refractivity (Wildman–Crippen MR) is 111 cm³/mol. The molecule has 0 aliphatic heterocycles. The van der Waals surface area contributed by atoms with Crippen LogP contribution in [0.3, 0.4) is 0 Å². The summed E-state index contributed by atoms with van der Waals surface area (Å²) < 4.78 is 13.4. The summed E-state index contributed by atoms with van der Waals surface area (Å²) in [6.07, 6.45) is 0. The molecule has 0 spiro atoms. The number of rotatable bonds is 4. The highest BCUT2D eigenvalue weighted by Gasteiger charge is 2.07. The van der Waals surface area contributed by atoms with Crippen LogP contribution in [0.1, 0.15) is 11.1 Å². The van der Waals surface area contributed by atoms with Gasteiger partial charge >= 0.3 is 6.03 Å². The Kier molecular flexibility index (Phi) is 4.81. The lowest BCUT2D eigenvalue weighted by Gasteiger charge is -2.09. The number of hydrogen-bond acceptors (Lipinski definition) is 1. The Morgan fingerprint density at radius 2 is 1.82 bits per heavy atom. The number of halogens is 1. The first-order chi connectivity index (χ1) is 13.6. The molecule has 0 radical (unpaired) electrons. The molecule has 0 fully saturated rings. The molecule has 3 N–H and O–H groups in total. The first-order valence-electron chi connectivity index (χ1n) is 9.06. The third-order valence-electron chi connectivity index (χ3n) is 4.59. The van der Waals surface area contributed by atoms with Crippen LogP contribution in [-0.4, -0.2) is 11.0 Å². The molecule has 140 valence electrons. The Hall–Kier alpha value is -3.60. The van der Waals surface area contributed by atoms with Gasteiger partial charge in [-0.1, -0.05) is 42.0 Å². The lowest BCUT2D eigenvalue weighted by Crippen LogP contribution is -2.28. The Bertz CT molecular complexity index is 1130. The van der Waals surface area contributed by atoms with Gasteiger partial charge < -0.3 is 15.6 Å². The summed E-state index contributed by atoms with van der Waals surface area (Å²) in [6, 6.07) is 21.8. The molecule has 0 aliphatic rings. The molecule has 0 unspecified atom stereocenters. The van der Waals surface area contributed by atoms with Crippen molar-refractivity contribution in [2.45, 2.75) is 13.5 Å². The molecular weight excluding hydrogens is 353 g/mol. The van der Waals surface area contributed by atoms with Gasteiger partial charge in [-0.05, 0) is 48.9 Å². The number of aryl methyl sites for hydroxylation is 1. The Balaban J connectivity index is 1.45. The Morgan fingerprint density at radius 3 is 2.64 bits per heavy atom. The summed E-state index contributed by atoms with van der Waals surface area (Å²) in [4.78, 5) is 15.5. The largest absolute Gasteiger partial charge is 0.355 e. The van der Waals surface area contributed by atoms with Crippen molar-refractivity contribution >= 4 is 22.6 Å². The highest BCUT2D eigenvalue weighted by Crippen LogP contribution is 2.26. The molecule has 0 bridgehead atoms. The number of hydrogen-bond donors (Lipinski definition) is 3. The van der Waals surface area contributed by atoms with Crippen LogP contribution in [0, 0.1) is 12.7 Å². The standard InChI is InChI=1S/C23H20FN3O/c1-15-5-7-16(8-6-15)14-25-23(28)26-20-4-2-3-17(12-20)22-13-18-11-19(24)9-10-21(18)27-22/h2-13,27H,14H2,1H3,(H2,25,26,28). The number of urea groups is 1. The van der Waals surface area contributed by atoms with E-state index in [-0.39, 0.29) is 11.8 Å². The van der Waals surface area contributed by atoms with Crippen molar-refractivity contribution in [3.63, 3.8) is 0 Å². The molecule has 1 heterocycles. The van der Waals surface area contributed by atoms with Crippen LogP contribution in [0.25, 0.3) is 22.2 Å². The van der Waals surface area contributed by atoms with E-state index in [1.54, 1.807) is 6.07 Å². The third-order valence-corrected chi connectivity index (χ3v) is 4.59. The molecule has 0 atom stereocenters. The Morgan fingerprint density at radius 1 is 1.00 bits per heavy atom. The minimum absolute atomic E-state index is 0.265. The van der Waals surface area contributed by atoms with E-state index in [0.717, 1.165) is 27.7 Å². The van der Waals surface area contributed by atoms with E-state index in [1.165, 1.54) is 17.7 Å². The lowest BCUT2D eigenvalue weighted by atomic mass is 10.1. The number of amides is 2. The monoisotopic (exact) mass is 373 g/mol. The molecule has 0 saturated heterocycles. The van der Waals surface area contributed by atoms with Gasteiger partial charge in [0.2, 0.25) is 0 Å². The van der Waals surface area contributed by atoms with E-state index in [0.29, 0.717) is 12.2 Å². The van der Waals surface area contributed by atoms with Gasteiger partial charge in [-0.2, -0.15) is 0 Å². The first kappa shape index (κ1) is 17.8. The predicted octanol–water partition coefficient (Wildman–Crippen LogP) is 5.60. The van der Waals surface area contributed by atoms with Crippen molar-refractivity contribution in [2.24, 2.45) is 0 Å². The first-order valence-corrected chi connectivity index (χ1v) is 9.06. The number of anilines is 1. The van der Waals surface area contributed by atoms with Crippen LogP contribution >= 0.6 is 0 Å². The molecule has 28 heavy (non-hydrogen) atoms. The summed E-state index contributed by atoms with van der Waals surface area (Å²) in [5, 5.41) is 6.52. The summed E-state index contributed by atoms with van der Waals surface area (Å²) in [6.45, 7) is 2.49. The average molecular weight is 373 g/mol. The van der Waals surface area contributed by atoms with Gasteiger partial charge in [0.1, 0.15) is 5.82 Å². The van der Waals surface area contributed by atoms with Crippen LogP contribution in [-0.2, 0) is 6.54 Å². The minimum atomic E-state index is -0.267. The quantitative estimate of drug-likeness (QED) is 0.428. The van der Waals surface area contributed by atoms with Gasteiger partial charge in [0, 0.05) is 34.4 Å². The van der Waals surface area contributed by atoms with Crippen molar-refractivity contribution in [1.29, 1.82) is 0 Å². The van der Waals surface area contributed by atoms with Crippen molar-refractivity contribution in [3.05, 3.63) is 89.7 Å². The van der Waals surface area contributed by atoms with E-state index in [1.807, 2.05) is 61.5 Å². The minimum Gasteiger partial charge on any atom is -0.355 e. The molecule has 0 saturated carbocycles. The van der Waals surface area contributed by atoms with Gasteiger partial charge in [-0.15, -0.1) is 0 Å². The zero-order valence-electron chi connectivity index (χ0n) is 15.4. The number of aromatic nitrogens is 1. The van der Waals surface area contributed by atoms with Crippen LogP contribution in [0.5, 0.6) is 0 Å². The zero-order chi connectivity index (χ0) is 19.5. The molecule has 2 amide bonds. The fourth-order valence-corrected chi connectivity index (χ4v) is 3.09. The normalized spacial score (nSPS) is 10.8. The van der Waals surface area contributed by atoms with Gasteiger partial charge in [-0.25, -0.2) is 9.18 Å². The smallest absolute Gasteiger partial charge is 0.319 e. The molecule has 5 heteroatoms. The Labute approximate surface area is 162 Å². The number of carbonyl (C=O) groups excluding carboxylic acids is 1. The summed E-state index contributed by atoms with van der Waals surface area (Å²) >= 11 is 0. The van der Waals surface area contributed by atoms with Crippen LogP contribution in [0.15, 0.2) is 72.8 Å². The van der Waals surface area contributed by atoms with Gasteiger partial charge in [0.15, 0.2) is 0 Å². The number of benzene rings is 3. The number of aromatic amines is 1. The van der Waals surface area contributed by atoms with E-state index >= 15 is 0 Å². The third kappa shape index (κ3) is 4.04. The van der Waals surface area contributed by atoms with Crippen molar-refractivity contribution in [2.75, 3.05) is 5.32 Å². The fraction of sp³-hybridized carbons (Fsp3) is 0.0870. The molecule has 4 rings (SSSR count). The lowest BCUT2D eigenvalue weighted by molar-refractivity contribution is 0.251. The molecule has 4 aromatic rings. The van der Waals surface area contributed by atoms with Crippen molar-refractivity contribution in [3.8, 4) is 11.3 Å². The number of H-pyrrole nitrogens is 1. The topological polar surface area (TPSA) is 56.9 Å². The second-order valence-electron chi connectivity index (χ2n) is 6.79. The van der Waals surface area contributed by atoms with Crippen LogP contribution in [0.2, 0.25) is 0 Å². The van der Waals surface area contributed by atoms with Gasteiger partial charge in [0.25, 0.3) is 0 Å². The second kappa shape index (κ2) is 7.56. The second-order valence-corrected chi connectivity index (χ2v) is 6.79. The van der Waals surface area contributed by atoms with Gasteiger partial charge in [-0.3, -0.25) is 0 Å². The number of nitrogens with one attached hydrogen (secondary N) is 3. The average Bonchev–Trinajstić information content (AvgIpc) is 3.11. The molecule has 1 aromatic heterocycles. The fourth-order valence-electron chi connectivity index (χ4n) is 3.09. The molecule has 3 aromatic carbocycles. The molecule has 4 nitrogen and oxygen atoms in total. The van der Waals surface area contributed by atoms with E-state index in [4.69, 9.17) is 0 Å². The maximum Gasteiger partial charge on any atom is 0.319 e. The highest BCUT2D eigenvalue weighted by atomic mass is 19.1. The summed E-state index contributed by atoms with van der Waals surface area (Å²) in [7, 11) is 0. The highest BCUT2D eigenvalue weighted by molar-refractivity contribution is 5.91. The molecular formula is C23H20FN3O. The van der Waals surface area contributed by atoms with E-state index < -0.39 is 0 Å². The maximum absolute atomic E-state index is 13.4. The molecule has 0 aliphatic carbocycles. The van der Waals surface area contributed by atoms with Crippen LogP contribution in [0.4, 0.5) is 14.9 Å². The summed E-state index contributed by atoms with van der Waals surface area (Å²) in [5.74, 6) is -0.265. The summed E-state index contributed by atoms with van der Waals surface area (Å²) in [5.41, 5.74) is 5.55. The van der Waals surface area contributed by atoms with Crippen molar-refractivity contribution < 1.29 is 9.18 Å². The number of carbonyl (C=O) groups is 1. The zero-order valence-corrected chi connectivity index (χ0v) is 15.4. The van der Waals surface area contributed by atoms with Crippen molar-refractivity contribution in [1.82, 2.24) is 10.3 Å².